The van der Waals surface area contributed by atoms with E-state index < -0.39 is 0 Å². The third-order valence-corrected chi connectivity index (χ3v) is 8.39. The molecule has 176 valence electrons. The highest BCUT2D eigenvalue weighted by atomic mass is 35.5. The van der Waals surface area contributed by atoms with Crippen LogP contribution in [0.1, 0.15) is 48.1 Å². The van der Waals surface area contributed by atoms with Crippen molar-refractivity contribution >= 4 is 17.4 Å². The highest BCUT2D eigenvalue weighted by Crippen LogP contribution is 2.56. The number of rotatable bonds is 3. The van der Waals surface area contributed by atoms with Crippen LogP contribution in [0.4, 0.5) is 5.82 Å². The van der Waals surface area contributed by atoms with Gasteiger partial charge in [-0.3, -0.25) is 9.47 Å². The Morgan fingerprint density at radius 1 is 1.09 bits per heavy atom. The fourth-order valence-corrected chi connectivity index (χ4v) is 6.63. The maximum Gasteiger partial charge on any atom is 0.151 e. The Morgan fingerprint density at radius 2 is 1.97 bits per heavy atom. The monoisotopic (exact) mass is 476 g/mol. The number of nitrogens with zero attached hydrogens (tertiary/aromatic N) is 6. The van der Waals surface area contributed by atoms with Crippen molar-refractivity contribution in [3.63, 3.8) is 0 Å². The van der Waals surface area contributed by atoms with Gasteiger partial charge in [-0.05, 0) is 62.1 Å². The zero-order valence-electron chi connectivity index (χ0n) is 19.5. The van der Waals surface area contributed by atoms with Crippen molar-refractivity contribution in [1.82, 2.24) is 24.6 Å². The van der Waals surface area contributed by atoms with Crippen molar-refractivity contribution in [2.24, 2.45) is 5.41 Å². The lowest BCUT2D eigenvalue weighted by Gasteiger charge is -2.59. The summed E-state index contributed by atoms with van der Waals surface area (Å²) in [6.45, 7) is 7.50. The Morgan fingerprint density at radius 3 is 2.76 bits per heavy atom. The summed E-state index contributed by atoms with van der Waals surface area (Å²) in [5, 5.41) is 10.2. The molecule has 1 aromatic carbocycles. The van der Waals surface area contributed by atoms with Gasteiger partial charge in [-0.2, -0.15) is 0 Å². The van der Waals surface area contributed by atoms with E-state index in [1.165, 1.54) is 11.3 Å². The third kappa shape index (κ3) is 3.36. The Kier molecular flexibility index (Phi) is 4.76. The van der Waals surface area contributed by atoms with Gasteiger partial charge in [0.25, 0.3) is 0 Å². The highest BCUT2D eigenvalue weighted by Gasteiger charge is 2.54. The number of ether oxygens (including phenoxy) is 1. The lowest BCUT2D eigenvalue weighted by atomic mass is 9.57. The first-order valence-electron chi connectivity index (χ1n) is 12.3. The molecule has 0 amide bonds. The van der Waals surface area contributed by atoms with Gasteiger partial charge in [0.15, 0.2) is 5.82 Å². The van der Waals surface area contributed by atoms with E-state index in [9.17, 15) is 0 Å². The largest absolute Gasteiger partial charge is 0.380 e. The second kappa shape index (κ2) is 7.77. The Labute approximate surface area is 204 Å². The molecule has 7 rings (SSSR count). The molecule has 34 heavy (non-hydrogen) atoms. The van der Waals surface area contributed by atoms with E-state index in [2.05, 4.69) is 51.6 Å². The van der Waals surface area contributed by atoms with Crippen LogP contribution in [0.2, 0.25) is 5.02 Å². The molecule has 2 aromatic heterocycles. The molecule has 1 atom stereocenters. The Balaban J connectivity index is 1.14. The first-order valence-corrected chi connectivity index (χ1v) is 12.7. The van der Waals surface area contributed by atoms with Crippen molar-refractivity contribution in [3.8, 4) is 5.69 Å². The molecule has 3 aliphatic heterocycles. The second-order valence-corrected chi connectivity index (χ2v) is 11.0. The summed E-state index contributed by atoms with van der Waals surface area (Å²) in [6, 6.07) is 12.9. The molecule has 8 heteroatoms. The minimum absolute atomic E-state index is 0.392. The molecule has 1 spiro atoms. The van der Waals surface area contributed by atoms with E-state index in [0.717, 1.165) is 86.8 Å². The summed E-state index contributed by atoms with van der Waals surface area (Å²) in [4.78, 5) is 9.60. The van der Waals surface area contributed by atoms with Gasteiger partial charge in [-0.1, -0.05) is 17.7 Å². The van der Waals surface area contributed by atoms with Crippen LogP contribution in [-0.2, 0) is 17.8 Å². The number of aromatic nitrogens is 4. The van der Waals surface area contributed by atoms with Crippen molar-refractivity contribution < 1.29 is 4.74 Å². The molecule has 3 fully saturated rings. The highest BCUT2D eigenvalue weighted by molar-refractivity contribution is 6.30. The van der Waals surface area contributed by atoms with Crippen molar-refractivity contribution in [3.05, 3.63) is 64.3 Å². The number of fused-ring (bicyclic) bond motifs is 3. The van der Waals surface area contributed by atoms with Gasteiger partial charge in [0.05, 0.1) is 18.8 Å². The minimum atomic E-state index is 0.392. The van der Waals surface area contributed by atoms with Gasteiger partial charge >= 0.3 is 0 Å². The van der Waals surface area contributed by atoms with Gasteiger partial charge < -0.3 is 9.64 Å². The van der Waals surface area contributed by atoms with E-state index in [4.69, 9.17) is 31.5 Å². The minimum Gasteiger partial charge on any atom is -0.380 e. The molecule has 0 radical (unpaired) electrons. The van der Waals surface area contributed by atoms with Crippen LogP contribution in [0, 0.1) is 12.3 Å². The van der Waals surface area contributed by atoms with Crippen LogP contribution < -0.4 is 4.90 Å². The third-order valence-electron chi connectivity index (χ3n) is 8.15. The lowest BCUT2D eigenvalue weighted by Crippen LogP contribution is -2.62. The maximum absolute atomic E-state index is 6.42. The first kappa shape index (κ1) is 20.9. The standard InChI is InChI=1S/C26H29ClN6O/c1-17-3-2-4-23(28-17)32-15-26(16-32)10-19(11-26)25-30-29-24-13-31(21-7-8-34-14-21)12-18-9-20(27)5-6-22(18)33(24)25/h2-6,9,19,21H,7-8,10-16H2,1H3/t21-/m0/s1. The molecule has 7 nitrogen and oxygen atoms in total. The van der Waals surface area contributed by atoms with Gasteiger partial charge in [-0.25, -0.2) is 4.98 Å². The predicted octanol–water partition coefficient (Wildman–Crippen LogP) is 4.11. The smallest absolute Gasteiger partial charge is 0.151 e. The zero-order chi connectivity index (χ0) is 22.9. The van der Waals surface area contributed by atoms with Gasteiger partial charge in [0.1, 0.15) is 11.6 Å². The fourth-order valence-electron chi connectivity index (χ4n) is 6.44. The molecule has 0 N–H and O–H groups in total. The molecule has 1 saturated carbocycles. The quantitative estimate of drug-likeness (QED) is 0.567. The molecule has 3 aromatic rings. The number of aryl methyl sites for hydroxylation is 1. The lowest BCUT2D eigenvalue weighted by molar-refractivity contribution is 0.0581. The van der Waals surface area contributed by atoms with Gasteiger partial charge in [-0.15, -0.1) is 10.2 Å². The Hall–Kier alpha value is -2.48. The van der Waals surface area contributed by atoms with Gasteiger partial charge in [0, 0.05) is 54.3 Å². The summed E-state index contributed by atoms with van der Waals surface area (Å²) in [7, 11) is 0. The maximum atomic E-state index is 6.42. The number of pyridine rings is 1. The van der Waals surface area contributed by atoms with E-state index in [1.54, 1.807) is 0 Å². The van der Waals surface area contributed by atoms with E-state index in [1.807, 2.05) is 6.07 Å². The van der Waals surface area contributed by atoms with Crippen molar-refractivity contribution in [2.75, 3.05) is 31.2 Å². The number of benzene rings is 1. The number of hydrogen-bond donors (Lipinski definition) is 0. The molecular formula is C26H29ClN6O. The molecule has 4 aliphatic rings. The predicted molar refractivity (Wildman–Crippen MR) is 130 cm³/mol. The Bertz CT molecular complexity index is 1240. The molecule has 0 unspecified atom stereocenters. The van der Waals surface area contributed by atoms with E-state index >= 15 is 0 Å². The van der Waals surface area contributed by atoms with Crippen molar-refractivity contribution in [1.29, 1.82) is 0 Å². The van der Waals surface area contributed by atoms with Crippen LogP contribution in [-0.4, -0.2) is 57.0 Å². The zero-order valence-corrected chi connectivity index (χ0v) is 20.2. The summed E-state index contributed by atoms with van der Waals surface area (Å²) in [5.74, 6) is 3.69. The van der Waals surface area contributed by atoms with Crippen molar-refractivity contribution in [2.45, 2.75) is 51.2 Å². The first-order chi connectivity index (χ1) is 16.6. The van der Waals surface area contributed by atoms with E-state index in [-0.39, 0.29) is 0 Å². The second-order valence-electron chi connectivity index (χ2n) is 10.6. The van der Waals surface area contributed by atoms with Crippen LogP contribution in [0.5, 0.6) is 0 Å². The summed E-state index contributed by atoms with van der Waals surface area (Å²) >= 11 is 6.42. The fraction of sp³-hybridized carbons (Fsp3) is 0.500. The number of anilines is 1. The molecule has 2 saturated heterocycles. The van der Waals surface area contributed by atoms with Crippen LogP contribution in [0.3, 0.4) is 0 Å². The summed E-state index contributed by atoms with van der Waals surface area (Å²) < 4.78 is 8.02. The average molecular weight is 477 g/mol. The molecule has 0 bridgehead atoms. The average Bonchev–Trinajstić information content (AvgIpc) is 3.40. The number of hydrogen-bond acceptors (Lipinski definition) is 6. The topological polar surface area (TPSA) is 59.3 Å². The van der Waals surface area contributed by atoms with Crippen LogP contribution >= 0.6 is 11.6 Å². The summed E-state index contributed by atoms with van der Waals surface area (Å²) in [6.07, 6.45) is 3.39. The molecular weight excluding hydrogens is 448 g/mol. The van der Waals surface area contributed by atoms with Gasteiger partial charge in [0.2, 0.25) is 0 Å². The van der Waals surface area contributed by atoms with Crippen LogP contribution in [0.15, 0.2) is 36.4 Å². The normalized spacial score (nSPS) is 23.8. The SMILES string of the molecule is Cc1cccc(N2CC3(CC(c4nnc5n4-c4ccc(Cl)cc4CN([C@H]4CCOC4)C5)C3)C2)n1. The summed E-state index contributed by atoms with van der Waals surface area (Å²) in [5.41, 5.74) is 3.89. The van der Waals surface area contributed by atoms with E-state index in [0.29, 0.717) is 17.4 Å². The molecule has 1 aliphatic carbocycles. The van der Waals surface area contributed by atoms with Crippen LogP contribution in [0.25, 0.3) is 5.69 Å². The number of halogens is 1. The molecule has 5 heterocycles.